The molecule has 8 nitrogen and oxygen atoms in total. The van der Waals surface area contributed by atoms with E-state index >= 15 is 0 Å². The van der Waals surface area contributed by atoms with Crippen molar-refractivity contribution >= 4 is 34.7 Å². The number of benzene rings is 1. The molecule has 1 aliphatic rings. The molecule has 1 saturated heterocycles. The van der Waals surface area contributed by atoms with Crippen LogP contribution in [-0.4, -0.2) is 32.8 Å². The molecule has 3 amide bonds. The molecule has 0 aliphatic carbocycles. The van der Waals surface area contributed by atoms with Gasteiger partial charge in [0.2, 0.25) is 29.4 Å². The Bertz CT molecular complexity index is 1010. The number of aromatic nitrogens is 2. The number of rotatable bonds is 7. The maximum absolute atomic E-state index is 12.2. The largest absolute Gasteiger partial charge is 0.339 e. The van der Waals surface area contributed by atoms with Crippen LogP contribution in [0.1, 0.15) is 30.7 Å². The lowest BCUT2D eigenvalue weighted by atomic mass is 10.2. The first-order valence-corrected chi connectivity index (χ1v) is 10.0. The van der Waals surface area contributed by atoms with Gasteiger partial charge in [0.05, 0.1) is 11.4 Å². The molecule has 1 aliphatic heterocycles. The fourth-order valence-electron chi connectivity index (χ4n) is 2.98. The summed E-state index contributed by atoms with van der Waals surface area (Å²) in [5, 5.41) is 8.67. The number of carbonyl (C=O) groups excluding carboxylic acids is 3. The van der Waals surface area contributed by atoms with Gasteiger partial charge < -0.3 is 9.84 Å². The molecule has 0 atom stereocenters. The van der Waals surface area contributed by atoms with E-state index in [0.717, 1.165) is 10.4 Å². The highest BCUT2D eigenvalue weighted by atomic mass is 32.1. The van der Waals surface area contributed by atoms with Crippen LogP contribution in [0.25, 0.3) is 10.7 Å². The van der Waals surface area contributed by atoms with Gasteiger partial charge in [0.15, 0.2) is 0 Å². The molecule has 1 aromatic carbocycles. The molecular weight excluding hydrogens is 392 g/mol. The van der Waals surface area contributed by atoms with Gasteiger partial charge >= 0.3 is 0 Å². The third-order valence-electron chi connectivity index (χ3n) is 4.51. The summed E-state index contributed by atoms with van der Waals surface area (Å²) < 4.78 is 5.19. The SMILES string of the molecule is O=C(CCc1nc(-c2cccs2)no1)Nc1ccc(CN2C(=O)CCC2=O)cc1. The summed E-state index contributed by atoms with van der Waals surface area (Å²) in [5.41, 5.74) is 1.47. The van der Waals surface area contributed by atoms with Crippen LogP contribution in [0.15, 0.2) is 46.3 Å². The van der Waals surface area contributed by atoms with Crippen LogP contribution in [-0.2, 0) is 27.3 Å². The van der Waals surface area contributed by atoms with Gasteiger partial charge in [-0.1, -0.05) is 23.4 Å². The van der Waals surface area contributed by atoms with E-state index in [9.17, 15) is 14.4 Å². The molecule has 9 heteroatoms. The van der Waals surface area contributed by atoms with Crippen LogP contribution >= 0.6 is 11.3 Å². The van der Waals surface area contributed by atoms with E-state index in [1.165, 1.54) is 16.2 Å². The van der Waals surface area contributed by atoms with Crippen molar-refractivity contribution < 1.29 is 18.9 Å². The molecule has 0 radical (unpaired) electrons. The fraction of sp³-hybridized carbons (Fsp3) is 0.250. The summed E-state index contributed by atoms with van der Waals surface area (Å²) in [6.45, 7) is 0.260. The molecule has 0 spiro atoms. The normalized spacial score (nSPS) is 13.9. The second kappa shape index (κ2) is 8.36. The fourth-order valence-corrected chi connectivity index (χ4v) is 3.63. The minimum absolute atomic E-state index is 0.143. The van der Waals surface area contributed by atoms with Gasteiger partial charge in [-0.3, -0.25) is 19.3 Å². The number of nitrogens with one attached hydrogen (secondary N) is 1. The van der Waals surface area contributed by atoms with Crippen LogP contribution < -0.4 is 5.32 Å². The van der Waals surface area contributed by atoms with E-state index < -0.39 is 0 Å². The number of likely N-dealkylation sites (tertiary alicyclic amines) is 1. The summed E-state index contributed by atoms with van der Waals surface area (Å²) in [7, 11) is 0. The van der Waals surface area contributed by atoms with Gasteiger partial charge in [0, 0.05) is 31.4 Å². The molecular formula is C20H18N4O4S. The highest BCUT2D eigenvalue weighted by molar-refractivity contribution is 7.13. The van der Waals surface area contributed by atoms with Crippen LogP contribution in [0, 0.1) is 0 Å². The number of thiophene rings is 1. The minimum Gasteiger partial charge on any atom is -0.339 e. The highest BCUT2D eigenvalue weighted by Gasteiger charge is 2.28. The number of anilines is 1. The maximum atomic E-state index is 12.2. The second-order valence-corrected chi connectivity index (χ2v) is 7.56. The standard InChI is InChI=1S/C20H18N4O4S/c25-16(7-8-17-22-20(23-28-17)15-2-1-11-29-15)21-14-5-3-13(4-6-14)12-24-18(26)9-10-19(24)27/h1-6,11H,7-10,12H2,(H,21,25). The molecule has 3 aromatic rings. The van der Waals surface area contributed by atoms with Gasteiger partial charge in [-0.25, -0.2) is 0 Å². The third-order valence-corrected chi connectivity index (χ3v) is 5.37. The van der Waals surface area contributed by atoms with Crippen molar-refractivity contribution in [1.29, 1.82) is 0 Å². The average Bonchev–Trinajstić information content (AvgIpc) is 3.46. The van der Waals surface area contributed by atoms with E-state index in [4.69, 9.17) is 4.52 Å². The Morgan fingerprint density at radius 3 is 2.59 bits per heavy atom. The lowest BCUT2D eigenvalue weighted by molar-refractivity contribution is -0.139. The van der Waals surface area contributed by atoms with Gasteiger partial charge in [-0.05, 0) is 29.1 Å². The molecule has 3 heterocycles. The van der Waals surface area contributed by atoms with E-state index in [1.54, 1.807) is 24.3 Å². The third kappa shape index (κ3) is 4.57. The molecule has 2 aromatic heterocycles. The quantitative estimate of drug-likeness (QED) is 0.600. The predicted molar refractivity (Wildman–Crippen MR) is 106 cm³/mol. The van der Waals surface area contributed by atoms with Crippen LogP contribution in [0.3, 0.4) is 0 Å². The lowest BCUT2D eigenvalue weighted by Gasteiger charge is -2.14. The van der Waals surface area contributed by atoms with Crippen molar-refractivity contribution in [3.05, 3.63) is 53.2 Å². The smallest absolute Gasteiger partial charge is 0.229 e. The van der Waals surface area contributed by atoms with Crippen molar-refractivity contribution in [1.82, 2.24) is 15.0 Å². The van der Waals surface area contributed by atoms with Gasteiger partial charge in [-0.15, -0.1) is 11.3 Å². The lowest BCUT2D eigenvalue weighted by Crippen LogP contribution is -2.28. The zero-order chi connectivity index (χ0) is 20.2. The summed E-state index contributed by atoms with van der Waals surface area (Å²) in [4.78, 5) is 42.0. The second-order valence-electron chi connectivity index (χ2n) is 6.61. The Morgan fingerprint density at radius 1 is 1.14 bits per heavy atom. The summed E-state index contributed by atoms with van der Waals surface area (Å²) >= 11 is 1.52. The summed E-state index contributed by atoms with van der Waals surface area (Å²) in [6.07, 6.45) is 1.12. The van der Waals surface area contributed by atoms with Crippen LogP contribution in [0.5, 0.6) is 0 Å². The molecule has 148 valence electrons. The zero-order valence-electron chi connectivity index (χ0n) is 15.5. The zero-order valence-corrected chi connectivity index (χ0v) is 16.3. The van der Waals surface area contributed by atoms with Crippen molar-refractivity contribution in [2.75, 3.05) is 5.32 Å². The van der Waals surface area contributed by atoms with Crippen LogP contribution in [0.4, 0.5) is 5.69 Å². The highest BCUT2D eigenvalue weighted by Crippen LogP contribution is 2.22. The molecule has 0 unspecified atom stereocenters. The number of amides is 3. The topological polar surface area (TPSA) is 105 Å². The maximum Gasteiger partial charge on any atom is 0.229 e. The number of imide groups is 1. The molecule has 1 N–H and O–H groups in total. The van der Waals surface area contributed by atoms with Gasteiger partial charge in [-0.2, -0.15) is 4.98 Å². The number of aryl methyl sites for hydroxylation is 1. The average molecular weight is 410 g/mol. The number of hydrogen-bond acceptors (Lipinski definition) is 7. The number of carbonyl (C=O) groups is 3. The molecule has 0 bridgehead atoms. The molecule has 4 rings (SSSR count). The first-order chi connectivity index (χ1) is 14.1. The van der Waals surface area contributed by atoms with Gasteiger partial charge in [0.1, 0.15) is 0 Å². The van der Waals surface area contributed by atoms with Gasteiger partial charge in [0.25, 0.3) is 0 Å². The van der Waals surface area contributed by atoms with E-state index in [-0.39, 0.29) is 43.5 Å². The molecule has 29 heavy (non-hydrogen) atoms. The Balaban J connectivity index is 1.27. The van der Waals surface area contributed by atoms with E-state index in [1.807, 2.05) is 17.5 Å². The predicted octanol–water partition coefficient (Wildman–Crippen LogP) is 3.02. The Hall–Kier alpha value is -3.33. The Kier molecular flexibility index (Phi) is 5.48. The first-order valence-electron chi connectivity index (χ1n) is 9.17. The number of nitrogens with zero attached hydrogens (tertiary/aromatic N) is 3. The van der Waals surface area contributed by atoms with E-state index in [2.05, 4.69) is 15.5 Å². The first kappa shape index (κ1) is 19.0. The van der Waals surface area contributed by atoms with Crippen molar-refractivity contribution in [2.45, 2.75) is 32.2 Å². The Labute approximate surface area is 170 Å². The van der Waals surface area contributed by atoms with Crippen molar-refractivity contribution in [3.8, 4) is 10.7 Å². The van der Waals surface area contributed by atoms with Crippen molar-refractivity contribution in [3.63, 3.8) is 0 Å². The van der Waals surface area contributed by atoms with Crippen molar-refractivity contribution in [2.24, 2.45) is 0 Å². The monoisotopic (exact) mass is 410 g/mol. The van der Waals surface area contributed by atoms with E-state index in [0.29, 0.717) is 23.8 Å². The Morgan fingerprint density at radius 2 is 1.90 bits per heavy atom. The molecule has 0 saturated carbocycles. The molecule has 1 fully saturated rings. The minimum atomic E-state index is -0.168. The summed E-state index contributed by atoms with van der Waals surface area (Å²) in [6, 6.07) is 10.9. The number of hydrogen-bond donors (Lipinski definition) is 1. The summed E-state index contributed by atoms with van der Waals surface area (Å²) in [5.74, 6) is 0.490. The van der Waals surface area contributed by atoms with Crippen LogP contribution in [0.2, 0.25) is 0 Å².